The number of hydrogen-bond donors (Lipinski definition) is 2. The highest BCUT2D eigenvalue weighted by Crippen LogP contribution is 2.08. The van der Waals surface area contributed by atoms with Crippen LogP contribution in [0.4, 0.5) is 0 Å². The molecule has 1 aromatic rings. The van der Waals surface area contributed by atoms with Crippen LogP contribution in [0, 0.1) is 6.92 Å². The summed E-state index contributed by atoms with van der Waals surface area (Å²) in [5, 5.41) is 6.21. The Morgan fingerprint density at radius 3 is 3.18 bits per heavy atom. The van der Waals surface area contributed by atoms with Crippen LogP contribution in [-0.2, 0) is 11.3 Å². The van der Waals surface area contributed by atoms with Gasteiger partial charge in [-0.15, -0.1) is 0 Å². The number of aromatic nitrogens is 1. The van der Waals surface area contributed by atoms with E-state index in [9.17, 15) is 4.79 Å². The van der Waals surface area contributed by atoms with Crippen LogP contribution in [0.1, 0.15) is 30.4 Å². The average Bonchev–Trinajstić information content (AvgIpc) is 2.38. The van der Waals surface area contributed by atoms with Crippen LogP contribution in [0.25, 0.3) is 0 Å². The number of hydrogen-bond acceptors (Lipinski definition) is 3. The van der Waals surface area contributed by atoms with Gasteiger partial charge in [0.2, 0.25) is 5.91 Å². The molecular formula is C13H19N3O. The van der Waals surface area contributed by atoms with Crippen LogP contribution in [0.5, 0.6) is 0 Å². The molecule has 1 atom stereocenters. The van der Waals surface area contributed by atoms with Crippen molar-refractivity contribution in [3.8, 4) is 0 Å². The van der Waals surface area contributed by atoms with Crippen LogP contribution in [-0.4, -0.2) is 23.5 Å². The van der Waals surface area contributed by atoms with Gasteiger partial charge in [-0.3, -0.25) is 9.78 Å². The number of aryl methyl sites for hydroxylation is 1. The number of carbonyl (C=O) groups is 1. The van der Waals surface area contributed by atoms with Gasteiger partial charge in [0.15, 0.2) is 0 Å². The zero-order valence-electron chi connectivity index (χ0n) is 10.2. The van der Waals surface area contributed by atoms with Gasteiger partial charge in [0.25, 0.3) is 0 Å². The number of pyridine rings is 1. The number of rotatable bonds is 3. The Morgan fingerprint density at radius 2 is 2.47 bits per heavy atom. The molecule has 2 N–H and O–H groups in total. The molecule has 2 rings (SSSR count). The van der Waals surface area contributed by atoms with Gasteiger partial charge in [0.1, 0.15) is 0 Å². The zero-order valence-corrected chi connectivity index (χ0v) is 10.2. The molecule has 0 unspecified atom stereocenters. The Hall–Kier alpha value is -1.42. The molecule has 1 aliphatic rings. The van der Waals surface area contributed by atoms with Crippen molar-refractivity contribution in [1.82, 2.24) is 15.6 Å². The average molecular weight is 233 g/mol. The van der Waals surface area contributed by atoms with Crippen molar-refractivity contribution in [1.29, 1.82) is 0 Å². The van der Waals surface area contributed by atoms with E-state index >= 15 is 0 Å². The molecule has 2 heterocycles. The number of amides is 1. The second kappa shape index (κ2) is 5.77. The summed E-state index contributed by atoms with van der Waals surface area (Å²) in [5.41, 5.74) is 2.24. The minimum atomic E-state index is -0.0132. The molecule has 1 aromatic heterocycles. The van der Waals surface area contributed by atoms with Gasteiger partial charge >= 0.3 is 0 Å². The summed E-state index contributed by atoms with van der Waals surface area (Å²) in [4.78, 5) is 16.0. The highest BCUT2D eigenvalue weighted by molar-refractivity contribution is 5.81. The fraction of sp³-hybridized carbons (Fsp3) is 0.538. The van der Waals surface area contributed by atoms with Crippen molar-refractivity contribution in [3.05, 3.63) is 29.6 Å². The second-order valence-corrected chi connectivity index (χ2v) is 4.52. The van der Waals surface area contributed by atoms with Crippen LogP contribution < -0.4 is 10.6 Å². The summed E-state index contributed by atoms with van der Waals surface area (Å²) in [6.45, 7) is 3.54. The second-order valence-electron chi connectivity index (χ2n) is 4.52. The Kier molecular flexibility index (Phi) is 4.09. The van der Waals surface area contributed by atoms with Crippen molar-refractivity contribution in [2.45, 2.75) is 38.8 Å². The third-order valence-corrected chi connectivity index (χ3v) is 3.23. The van der Waals surface area contributed by atoms with Crippen molar-refractivity contribution >= 4 is 5.91 Å². The van der Waals surface area contributed by atoms with Crippen molar-refractivity contribution < 1.29 is 4.79 Å². The summed E-state index contributed by atoms with van der Waals surface area (Å²) in [6.07, 6.45) is 6.83. The van der Waals surface area contributed by atoms with E-state index in [2.05, 4.69) is 15.6 Å². The summed E-state index contributed by atoms with van der Waals surface area (Å²) in [6, 6.07) is 1.95. The first-order valence-electron chi connectivity index (χ1n) is 6.18. The Labute approximate surface area is 102 Å². The highest BCUT2D eigenvalue weighted by atomic mass is 16.2. The zero-order chi connectivity index (χ0) is 12.1. The van der Waals surface area contributed by atoms with E-state index in [1.807, 2.05) is 19.2 Å². The normalized spacial score (nSPS) is 19.9. The monoisotopic (exact) mass is 233 g/mol. The summed E-state index contributed by atoms with van der Waals surface area (Å²) in [5.74, 6) is 0.105. The number of piperidine rings is 1. The summed E-state index contributed by atoms with van der Waals surface area (Å²) < 4.78 is 0. The molecule has 0 spiro atoms. The van der Waals surface area contributed by atoms with E-state index in [1.165, 1.54) is 6.42 Å². The molecule has 4 heteroatoms. The van der Waals surface area contributed by atoms with Crippen LogP contribution in [0.3, 0.4) is 0 Å². The first kappa shape index (κ1) is 12.0. The Morgan fingerprint density at radius 1 is 1.59 bits per heavy atom. The number of nitrogens with one attached hydrogen (secondary N) is 2. The molecule has 0 aliphatic carbocycles. The summed E-state index contributed by atoms with van der Waals surface area (Å²) >= 11 is 0. The maximum atomic E-state index is 11.9. The summed E-state index contributed by atoms with van der Waals surface area (Å²) in [7, 11) is 0. The lowest BCUT2D eigenvalue weighted by molar-refractivity contribution is -0.123. The minimum Gasteiger partial charge on any atom is -0.351 e. The third kappa shape index (κ3) is 3.27. The van der Waals surface area contributed by atoms with Gasteiger partial charge in [-0.05, 0) is 43.5 Å². The lowest BCUT2D eigenvalue weighted by Gasteiger charge is -2.22. The first-order chi connectivity index (χ1) is 8.27. The molecule has 17 heavy (non-hydrogen) atoms. The van der Waals surface area contributed by atoms with E-state index < -0.39 is 0 Å². The molecule has 0 bridgehead atoms. The Balaban J connectivity index is 1.85. The smallest absolute Gasteiger partial charge is 0.237 e. The number of nitrogens with zero attached hydrogens (tertiary/aromatic N) is 1. The Bertz CT molecular complexity index is 386. The van der Waals surface area contributed by atoms with Gasteiger partial charge in [-0.25, -0.2) is 0 Å². The van der Waals surface area contributed by atoms with E-state index in [0.29, 0.717) is 6.54 Å². The molecule has 1 amide bonds. The number of carbonyl (C=O) groups excluding carboxylic acids is 1. The lowest BCUT2D eigenvalue weighted by Crippen LogP contribution is -2.46. The van der Waals surface area contributed by atoms with Crippen LogP contribution in [0.2, 0.25) is 0 Å². The molecule has 1 aliphatic heterocycles. The topological polar surface area (TPSA) is 54.0 Å². The van der Waals surface area contributed by atoms with Crippen molar-refractivity contribution in [2.24, 2.45) is 0 Å². The predicted molar refractivity (Wildman–Crippen MR) is 66.5 cm³/mol. The van der Waals surface area contributed by atoms with Gasteiger partial charge in [-0.1, -0.05) is 6.42 Å². The molecule has 4 nitrogen and oxygen atoms in total. The largest absolute Gasteiger partial charge is 0.351 e. The van der Waals surface area contributed by atoms with Crippen molar-refractivity contribution in [2.75, 3.05) is 6.54 Å². The van der Waals surface area contributed by atoms with Gasteiger partial charge < -0.3 is 10.6 Å². The molecule has 0 saturated carbocycles. The van der Waals surface area contributed by atoms with Crippen LogP contribution >= 0.6 is 0 Å². The minimum absolute atomic E-state index is 0.0132. The van der Waals surface area contributed by atoms with Gasteiger partial charge in [0, 0.05) is 18.9 Å². The standard InChI is InChI=1S/C13H19N3O/c1-10-5-7-14-8-11(10)9-16-13(17)12-4-2-3-6-15-12/h5,7-8,12,15H,2-4,6,9H2,1H3,(H,16,17)/t12-/m1/s1. The van der Waals surface area contributed by atoms with Gasteiger partial charge in [0.05, 0.1) is 6.04 Å². The van der Waals surface area contributed by atoms with E-state index in [4.69, 9.17) is 0 Å². The van der Waals surface area contributed by atoms with Gasteiger partial charge in [-0.2, -0.15) is 0 Å². The SMILES string of the molecule is Cc1ccncc1CNC(=O)[C@H]1CCCCN1. The van der Waals surface area contributed by atoms with E-state index in [1.54, 1.807) is 6.20 Å². The molecule has 92 valence electrons. The lowest BCUT2D eigenvalue weighted by atomic mass is 10.0. The maximum absolute atomic E-state index is 11.9. The highest BCUT2D eigenvalue weighted by Gasteiger charge is 2.19. The van der Waals surface area contributed by atoms with E-state index in [0.717, 1.165) is 30.5 Å². The molecule has 0 aromatic carbocycles. The quantitative estimate of drug-likeness (QED) is 0.823. The molecule has 1 fully saturated rings. The van der Waals surface area contributed by atoms with E-state index in [-0.39, 0.29) is 11.9 Å². The maximum Gasteiger partial charge on any atom is 0.237 e. The fourth-order valence-corrected chi connectivity index (χ4v) is 2.06. The fourth-order valence-electron chi connectivity index (χ4n) is 2.06. The first-order valence-corrected chi connectivity index (χ1v) is 6.18. The molecule has 0 radical (unpaired) electrons. The van der Waals surface area contributed by atoms with Crippen molar-refractivity contribution in [3.63, 3.8) is 0 Å². The van der Waals surface area contributed by atoms with Crippen LogP contribution in [0.15, 0.2) is 18.5 Å². The molecular weight excluding hydrogens is 214 g/mol. The predicted octanol–water partition coefficient (Wildman–Crippen LogP) is 1.15. The third-order valence-electron chi connectivity index (χ3n) is 3.23. The molecule has 1 saturated heterocycles.